The van der Waals surface area contributed by atoms with Crippen LogP contribution in [0.2, 0.25) is 0 Å². The number of carbonyl (C=O) groups is 2. The predicted molar refractivity (Wildman–Crippen MR) is 60.8 cm³/mol. The lowest BCUT2D eigenvalue weighted by Gasteiger charge is -2.08. The Morgan fingerprint density at radius 3 is 2.29 bits per heavy atom. The highest BCUT2D eigenvalue weighted by atomic mass is 32.2. The van der Waals surface area contributed by atoms with Crippen LogP contribution in [-0.2, 0) is 14.6 Å². The second-order valence-electron chi connectivity index (χ2n) is 3.47. The first-order chi connectivity index (χ1) is 7.71. The Morgan fingerprint density at radius 2 is 1.88 bits per heavy atom. The van der Waals surface area contributed by atoms with Crippen molar-refractivity contribution >= 4 is 27.4 Å². The van der Waals surface area contributed by atoms with Gasteiger partial charge < -0.3 is 10.4 Å². The molecule has 0 heterocycles. The Balaban J connectivity index is 3.37. The molecule has 1 aromatic rings. The van der Waals surface area contributed by atoms with Crippen LogP contribution in [-0.4, -0.2) is 31.7 Å². The first kappa shape index (κ1) is 13.2. The fourth-order valence-electron chi connectivity index (χ4n) is 1.23. The highest BCUT2D eigenvalue weighted by molar-refractivity contribution is 7.90. The number of carbonyl (C=O) groups excluding carboxylic acids is 1. The number of amides is 1. The fourth-order valence-corrected chi connectivity index (χ4v) is 1.88. The molecule has 0 fully saturated rings. The number of hydrogen-bond acceptors (Lipinski definition) is 4. The lowest BCUT2D eigenvalue weighted by atomic mass is 10.2. The number of aromatic carboxylic acids is 1. The lowest BCUT2D eigenvalue weighted by Crippen LogP contribution is -2.12. The van der Waals surface area contributed by atoms with Crippen LogP contribution in [0.4, 0.5) is 5.69 Å². The van der Waals surface area contributed by atoms with Gasteiger partial charge in [-0.05, 0) is 18.2 Å². The molecule has 0 radical (unpaired) electrons. The molecule has 1 amide bonds. The third-order valence-electron chi connectivity index (χ3n) is 1.96. The van der Waals surface area contributed by atoms with E-state index >= 15 is 0 Å². The Kier molecular flexibility index (Phi) is 3.52. The minimum Gasteiger partial charge on any atom is -0.478 e. The second-order valence-corrected chi connectivity index (χ2v) is 5.48. The molecular weight excluding hydrogens is 246 g/mol. The molecule has 0 saturated carbocycles. The summed E-state index contributed by atoms with van der Waals surface area (Å²) >= 11 is 0. The summed E-state index contributed by atoms with van der Waals surface area (Å²) in [4.78, 5) is 21.7. The molecule has 0 aromatic heterocycles. The molecule has 0 aliphatic heterocycles. The van der Waals surface area contributed by atoms with Crippen molar-refractivity contribution in [3.8, 4) is 0 Å². The smallest absolute Gasteiger partial charge is 0.337 e. The zero-order valence-electron chi connectivity index (χ0n) is 9.22. The summed E-state index contributed by atoms with van der Waals surface area (Å²) in [6, 6.07) is 3.51. The summed E-state index contributed by atoms with van der Waals surface area (Å²) < 4.78 is 22.5. The Hall–Kier alpha value is -1.89. The molecule has 2 N–H and O–H groups in total. The van der Waals surface area contributed by atoms with Gasteiger partial charge in [0.05, 0.1) is 16.1 Å². The average Bonchev–Trinajstić information content (AvgIpc) is 2.15. The molecule has 7 heteroatoms. The van der Waals surface area contributed by atoms with Crippen LogP contribution in [0.5, 0.6) is 0 Å². The molecule has 0 atom stereocenters. The zero-order valence-corrected chi connectivity index (χ0v) is 10.0. The SMILES string of the molecule is CC(=O)Nc1ccc(S(C)(=O)=O)cc1C(=O)O. The number of anilines is 1. The van der Waals surface area contributed by atoms with E-state index in [1.54, 1.807) is 0 Å². The van der Waals surface area contributed by atoms with Crippen molar-refractivity contribution in [2.75, 3.05) is 11.6 Å². The monoisotopic (exact) mass is 257 g/mol. The standard InChI is InChI=1S/C10H11NO5S/c1-6(12)11-9-4-3-7(17(2,15)16)5-8(9)10(13)14/h3-5H,1-2H3,(H,11,12)(H,13,14). The van der Waals surface area contributed by atoms with Gasteiger partial charge in [-0.15, -0.1) is 0 Å². The summed E-state index contributed by atoms with van der Waals surface area (Å²) in [5.74, 6) is -1.74. The quantitative estimate of drug-likeness (QED) is 0.832. The van der Waals surface area contributed by atoms with Crippen LogP contribution in [0.1, 0.15) is 17.3 Å². The Morgan fingerprint density at radius 1 is 1.29 bits per heavy atom. The van der Waals surface area contributed by atoms with Gasteiger partial charge in [-0.25, -0.2) is 13.2 Å². The minimum atomic E-state index is -3.48. The molecule has 17 heavy (non-hydrogen) atoms. The summed E-state index contributed by atoms with van der Waals surface area (Å²) in [6.07, 6.45) is 0.978. The van der Waals surface area contributed by atoms with E-state index in [0.717, 1.165) is 12.3 Å². The van der Waals surface area contributed by atoms with Gasteiger partial charge in [-0.3, -0.25) is 4.79 Å². The van der Waals surface area contributed by atoms with E-state index in [9.17, 15) is 18.0 Å². The van der Waals surface area contributed by atoms with Gasteiger partial charge in [0.1, 0.15) is 0 Å². The number of rotatable bonds is 3. The van der Waals surface area contributed by atoms with Crippen LogP contribution in [0.25, 0.3) is 0 Å². The number of carboxylic acid groups (broad SMARTS) is 1. The van der Waals surface area contributed by atoms with Crippen molar-refractivity contribution < 1.29 is 23.1 Å². The van der Waals surface area contributed by atoms with Crippen LogP contribution in [0.15, 0.2) is 23.1 Å². The van der Waals surface area contributed by atoms with Crippen molar-refractivity contribution in [1.82, 2.24) is 0 Å². The number of nitrogens with one attached hydrogen (secondary N) is 1. The van der Waals surface area contributed by atoms with Crippen LogP contribution in [0, 0.1) is 0 Å². The van der Waals surface area contributed by atoms with Gasteiger partial charge in [-0.1, -0.05) is 0 Å². The van der Waals surface area contributed by atoms with E-state index in [-0.39, 0.29) is 16.1 Å². The van der Waals surface area contributed by atoms with E-state index < -0.39 is 21.7 Å². The van der Waals surface area contributed by atoms with Gasteiger partial charge in [0, 0.05) is 13.2 Å². The Labute approximate surface area is 98.2 Å². The van der Waals surface area contributed by atoms with Crippen molar-refractivity contribution in [2.24, 2.45) is 0 Å². The van der Waals surface area contributed by atoms with Crippen LogP contribution in [0.3, 0.4) is 0 Å². The highest BCUT2D eigenvalue weighted by Gasteiger charge is 2.16. The molecule has 0 aliphatic carbocycles. The number of hydrogen-bond donors (Lipinski definition) is 2. The van der Waals surface area contributed by atoms with Gasteiger partial charge in [0.15, 0.2) is 9.84 Å². The summed E-state index contributed by atoms with van der Waals surface area (Å²) in [7, 11) is -3.48. The largest absolute Gasteiger partial charge is 0.478 e. The summed E-state index contributed by atoms with van der Waals surface area (Å²) in [5, 5.41) is 11.2. The van der Waals surface area contributed by atoms with Crippen LogP contribution < -0.4 is 5.32 Å². The molecular formula is C10H11NO5S. The third kappa shape index (κ3) is 3.28. The van der Waals surface area contributed by atoms with E-state index in [1.807, 2.05) is 0 Å². The molecule has 0 saturated heterocycles. The first-order valence-corrected chi connectivity index (χ1v) is 6.46. The number of benzene rings is 1. The van der Waals surface area contributed by atoms with Crippen LogP contribution >= 0.6 is 0 Å². The van der Waals surface area contributed by atoms with Gasteiger partial charge in [0.25, 0.3) is 0 Å². The van der Waals surface area contributed by atoms with Gasteiger partial charge >= 0.3 is 5.97 Å². The zero-order chi connectivity index (χ0) is 13.2. The molecule has 0 aliphatic rings. The molecule has 92 valence electrons. The molecule has 0 unspecified atom stereocenters. The fraction of sp³-hybridized carbons (Fsp3) is 0.200. The van der Waals surface area contributed by atoms with E-state index in [2.05, 4.69) is 5.32 Å². The second kappa shape index (κ2) is 4.54. The normalized spacial score (nSPS) is 10.9. The van der Waals surface area contributed by atoms with E-state index in [1.165, 1.54) is 19.1 Å². The number of carboxylic acids is 1. The molecule has 0 spiro atoms. The maximum absolute atomic E-state index is 11.3. The maximum Gasteiger partial charge on any atom is 0.337 e. The van der Waals surface area contributed by atoms with Crippen molar-refractivity contribution in [3.05, 3.63) is 23.8 Å². The van der Waals surface area contributed by atoms with Gasteiger partial charge in [0.2, 0.25) is 5.91 Å². The molecule has 6 nitrogen and oxygen atoms in total. The summed E-state index contributed by atoms with van der Waals surface area (Å²) in [6.45, 7) is 1.23. The topological polar surface area (TPSA) is 101 Å². The molecule has 1 aromatic carbocycles. The first-order valence-electron chi connectivity index (χ1n) is 4.57. The third-order valence-corrected chi connectivity index (χ3v) is 3.07. The minimum absolute atomic E-state index is 0.0670. The van der Waals surface area contributed by atoms with Crippen molar-refractivity contribution in [3.63, 3.8) is 0 Å². The van der Waals surface area contributed by atoms with Crippen molar-refractivity contribution in [1.29, 1.82) is 0 Å². The van der Waals surface area contributed by atoms with Crippen molar-refractivity contribution in [2.45, 2.75) is 11.8 Å². The summed E-state index contributed by atoms with van der Waals surface area (Å²) in [5.41, 5.74) is -0.194. The average molecular weight is 257 g/mol. The molecule has 1 rings (SSSR count). The highest BCUT2D eigenvalue weighted by Crippen LogP contribution is 2.20. The lowest BCUT2D eigenvalue weighted by molar-refractivity contribution is -0.114. The molecule has 0 bridgehead atoms. The Bertz CT molecular complexity index is 576. The maximum atomic E-state index is 11.3. The van der Waals surface area contributed by atoms with E-state index in [0.29, 0.717) is 0 Å². The predicted octanol–water partition coefficient (Wildman–Crippen LogP) is 0.747. The van der Waals surface area contributed by atoms with E-state index in [4.69, 9.17) is 5.11 Å². The van der Waals surface area contributed by atoms with Gasteiger partial charge in [-0.2, -0.15) is 0 Å². The number of sulfone groups is 1.